The van der Waals surface area contributed by atoms with Crippen molar-refractivity contribution in [3.63, 3.8) is 0 Å². The monoisotopic (exact) mass is 324 g/mol. The van der Waals surface area contributed by atoms with Crippen LogP contribution in [0.25, 0.3) is 0 Å². The van der Waals surface area contributed by atoms with Crippen LogP contribution in [0.5, 0.6) is 0 Å². The van der Waals surface area contributed by atoms with Crippen molar-refractivity contribution in [1.29, 1.82) is 0 Å². The van der Waals surface area contributed by atoms with Crippen molar-refractivity contribution in [1.82, 2.24) is 0 Å². The Bertz CT molecular complexity index is 551. The fourth-order valence-corrected chi connectivity index (χ4v) is 3.19. The zero-order valence-electron chi connectivity index (χ0n) is 10.6. The van der Waals surface area contributed by atoms with Gasteiger partial charge in [0.25, 0.3) is 0 Å². The number of halogens is 1. The van der Waals surface area contributed by atoms with Crippen LogP contribution in [0.15, 0.2) is 28.7 Å². The van der Waals surface area contributed by atoms with E-state index in [9.17, 15) is 9.59 Å². The molecule has 100 valence electrons. The Morgan fingerprint density at radius 3 is 2.37 bits per heavy atom. The summed E-state index contributed by atoms with van der Waals surface area (Å²) in [6.45, 7) is 3.48. The second kappa shape index (κ2) is 4.07. The number of ether oxygens (including phenoxy) is 2. The molecule has 1 aromatic rings. The van der Waals surface area contributed by atoms with Crippen LogP contribution < -0.4 is 0 Å². The molecular weight excluding hydrogens is 312 g/mol. The topological polar surface area (TPSA) is 52.6 Å². The zero-order chi connectivity index (χ0) is 13.8. The van der Waals surface area contributed by atoms with Crippen LogP contribution in [0.4, 0.5) is 0 Å². The molecule has 2 aliphatic heterocycles. The Morgan fingerprint density at radius 2 is 1.74 bits per heavy atom. The predicted molar refractivity (Wildman–Crippen MR) is 70.1 cm³/mol. The Kier molecular flexibility index (Phi) is 2.71. The van der Waals surface area contributed by atoms with Gasteiger partial charge in [0.15, 0.2) is 11.7 Å². The highest BCUT2D eigenvalue weighted by Crippen LogP contribution is 2.51. The van der Waals surface area contributed by atoms with Crippen LogP contribution in [-0.4, -0.2) is 18.0 Å². The van der Waals surface area contributed by atoms with Gasteiger partial charge in [-0.2, -0.15) is 0 Å². The minimum absolute atomic E-state index is 0.313. The van der Waals surface area contributed by atoms with E-state index in [0.29, 0.717) is 0 Å². The molecular formula is C14H13BrO4. The quantitative estimate of drug-likeness (QED) is 0.744. The van der Waals surface area contributed by atoms with Gasteiger partial charge in [0.05, 0.1) is 5.92 Å². The summed E-state index contributed by atoms with van der Waals surface area (Å²) in [6, 6.07) is 7.46. The van der Waals surface area contributed by atoms with Crippen molar-refractivity contribution in [2.75, 3.05) is 0 Å². The third-order valence-electron chi connectivity index (χ3n) is 4.05. The summed E-state index contributed by atoms with van der Waals surface area (Å²) in [7, 11) is 0. The number of carbonyl (C=O) groups excluding carboxylic acids is 2. The van der Waals surface area contributed by atoms with E-state index in [2.05, 4.69) is 15.9 Å². The molecule has 0 bridgehead atoms. The molecule has 1 aromatic carbocycles. The second-order valence-electron chi connectivity index (χ2n) is 5.09. The van der Waals surface area contributed by atoms with Gasteiger partial charge < -0.3 is 9.47 Å². The smallest absolute Gasteiger partial charge is 0.313 e. The first kappa shape index (κ1) is 12.7. The lowest BCUT2D eigenvalue weighted by Gasteiger charge is -2.29. The molecule has 4 atom stereocenters. The fourth-order valence-electron chi connectivity index (χ4n) is 2.92. The fraction of sp³-hybridized carbons (Fsp3) is 0.429. The lowest BCUT2D eigenvalue weighted by molar-refractivity contribution is -0.156. The Morgan fingerprint density at radius 1 is 1.11 bits per heavy atom. The summed E-state index contributed by atoms with van der Waals surface area (Å²) in [5, 5.41) is 0. The molecule has 0 spiro atoms. The molecule has 0 N–H and O–H groups in total. The highest BCUT2D eigenvalue weighted by atomic mass is 79.9. The number of rotatable bonds is 1. The number of benzene rings is 1. The lowest BCUT2D eigenvalue weighted by atomic mass is 9.78. The minimum Gasteiger partial charge on any atom is -0.456 e. The molecule has 2 fully saturated rings. The van der Waals surface area contributed by atoms with Crippen LogP contribution >= 0.6 is 15.9 Å². The minimum atomic E-state index is -0.978. The van der Waals surface area contributed by atoms with Gasteiger partial charge in [-0.15, -0.1) is 0 Å². The summed E-state index contributed by atoms with van der Waals surface area (Å²) in [6.07, 6.45) is -0.538. The summed E-state index contributed by atoms with van der Waals surface area (Å²) < 4.78 is 11.9. The molecule has 0 saturated carbocycles. The number of fused-ring (bicyclic) bond motifs is 1. The van der Waals surface area contributed by atoms with E-state index < -0.39 is 23.5 Å². The van der Waals surface area contributed by atoms with E-state index in [4.69, 9.17) is 9.47 Å². The van der Waals surface area contributed by atoms with Gasteiger partial charge in [-0.1, -0.05) is 28.1 Å². The molecule has 0 radical (unpaired) electrons. The molecule has 0 amide bonds. The van der Waals surface area contributed by atoms with Crippen molar-refractivity contribution in [3.8, 4) is 0 Å². The van der Waals surface area contributed by atoms with Gasteiger partial charge in [0.2, 0.25) is 0 Å². The highest BCUT2D eigenvalue weighted by molar-refractivity contribution is 9.10. The third kappa shape index (κ3) is 1.57. The maximum absolute atomic E-state index is 11.9. The maximum atomic E-state index is 11.9. The Labute approximate surface area is 119 Å². The number of esters is 2. The standard InChI is InChI=1S/C14H13BrO4/c1-7-11-14(19-12(7)16,8(2)13(17)18-11)9-3-5-10(15)6-4-9/h3-8,11H,1-2H3/t7-,8-,11+,14+/m1/s1. The highest BCUT2D eigenvalue weighted by Gasteiger charge is 2.66. The first-order valence-electron chi connectivity index (χ1n) is 6.16. The van der Waals surface area contributed by atoms with Crippen LogP contribution in [0.1, 0.15) is 19.4 Å². The summed E-state index contributed by atoms with van der Waals surface area (Å²) in [4.78, 5) is 23.7. The normalized spacial score (nSPS) is 36.9. The van der Waals surface area contributed by atoms with Crippen molar-refractivity contribution in [2.45, 2.75) is 25.6 Å². The van der Waals surface area contributed by atoms with Crippen molar-refractivity contribution >= 4 is 27.9 Å². The first-order valence-corrected chi connectivity index (χ1v) is 6.95. The van der Waals surface area contributed by atoms with E-state index in [-0.39, 0.29) is 11.9 Å². The van der Waals surface area contributed by atoms with E-state index in [0.717, 1.165) is 10.0 Å². The molecule has 19 heavy (non-hydrogen) atoms. The summed E-state index contributed by atoms with van der Waals surface area (Å²) >= 11 is 3.37. The largest absolute Gasteiger partial charge is 0.456 e. The summed E-state index contributed by atoms with van der Waals surface area (Å²) in [5.74, 6) is -1.55. The number of hydrogen-bond acceptors (Lipinski definition) is 4. The average molecular weight is 325 g/mol. The number of carbonyl (C=O) groups is 2. The van der Waals surface area contributed by atoms with Crippen LogP contribution in [-0.2, 0) is 24.7 Å². The van der Waals surface area contributed by atoms with Crippen molar-refractivity contribution < 1.29 is 19.1 Å². The lowest BCUT2D eigenvalue weighted by Crippen LogP contribution is -2.39. The van der Waals surface area contributed by atoms with Crippen LogP contribution in [0.2, 0.25) is 0 Å². The average Bonchev–Trinajstić information content (AvgIpc) is 2.78. The molecule has 2 heterocycles. The molecule has 2 aliphatic rings. The SMILES string of the molecule is C[C@@H]1C(=O)O[C@H]2[C@@H](C)C(=O)O[C@]12c1ccc(Br)cc1. The molecule has 0 aliphatic carbocycles. The Balaban J connectivity index is 2.15. The van der Waals surface area contributed by atoms with Gasteiger partial charge in [-0.25, -0.2) is 0 Å². The molecule has 3 rings (SSSR count). The van der Waals surface area contributed by atoms with E-state index in [1.54, 1.807) is 13.8 Å². The van der Waals surface area contributed by atoms with Crippen LogP contribution in [0, 0.1) is 11.8 Å². The molecule has 4 nitrogen and oxygen atoms in total. The predicted octanol–water partition coefficient (Wildman–Crippen LogP) is 2.40. The third-order valence-corrected chi connectivity index (χ3v) is 4.58. The van der Waals surface area contributed by atoms with E-state index >= 15 is 0 Å². The zero-order valence-corrected chi connectivity index (χ0v) is 12.1. The van der Waals surface area contributed by atoms with E-state index in [1.165, 1.54) is 0 Å². The van der Waals surface area contributed by atoms with Gasteiger partial charge in [0, 0.05) is 10.0 Å². The Hall–Kier alpha value is -1.36. The van der Waals surface area contributed by atoms with Crippen molar-refractivity contribution in [3.05, 3.63) is 34.3 Å². The van der Waals surface area contributed by atoms with Gasteiger partial charge >= 0.3 is 11.9 Å². The first-order chi connectivity index (χ1) is 8.96. The van der Waals surface area contributed by atoms with Gasteiger partial charge in [-0.05, 0) is 26.0 Å². The van der Waals surface area contributed by atoms with Crippen LogP contribution in [0.3, 0.4) is 0 Å². The maximum Gasteiger partial charge on any atom is 0.313 e. The second-order valence-corrected chi connectivity index (χ2v) is 6.00. The van der Waals surface area contributed by atoms with Gasteiger partial charge in [0.1, 0.15) is 5.92 Å². The van der Waals surface area contributed by atoms with Gasteiger partial charge in [-0.3, -0.25) is 9.59 Å². The molecule has 5 heteroatoms. The molecule has 0 unspecified atom stereocenters. The number of hydrogen-bond donors (Lipinski definition) is 0. The van der Waals surface area contributed by atoms with Crippen molar-refractivity contribution in [2.24, 2.45) is 11.8 Å². The van der Waals surface area contributed by atoms with E-state index in [1.807, 2.05) is 24.3 Å². The molecule has 0 aromatic heterocycles. The molecule has 2 saturated heterocycles. The summed E-state index contributed by atoms with van der Waals surface area (Å²) in [5.41, 5.74) is -0.175.